The Bertz CT molecular complexity index is 499. The first-order chi connectivity index (χ1) is 7.77. The van der Waals surface area contributed by atoms with E-state index in [0.29, 0.717) is 10.6 Å². The molecule has 0 aliphatic heterocycles. The molecule has 4 heteroatoms. The second-order valence-corrected chi connectivity index (χ2v) is 3.62. The summed E-state index contributed by atoms with van der Waals surface area (Å²) >= 11 is 4.13. The second-order valence-electron chi connectivity index (χ2n) is 3.19. The zero-order valence-electron chi connectivity index (χ0n) is 8.42. The summed E-state index contributed by atoms with van der Waals surface area (Å²) in [6, 6.07) is 12.7. The van der Waals surface area contributed by atoms with Crippen LogP contribution in [-0.2, 0) is 0 Å². The van der Waals surface area contributed by atoms with Crippen molar-refractivity contribution in [3.05, 3.63) is 54.2 Å². The van der Waals surface area contributed by atoms with Gasteiger partial charge in [0.25, 0.3) is 5.91 Å². The van der Waals surface area contributed by atoms with E-state index < -0.39 is 0 Å². The lowest BCUT2D eigenvalue weighted by Gasteiger charge is -2.05. The Morgan fingerprint density at radius 3 is 2.56 bits per heavy atom. The molecule has 3 nitrogen and oxygen atoms in total. The Kier molecular flexibility index (Phi) is 3.22. The highest BCUT2D eigenvalue weighted by atomic mass is 32.1. The molecule has 1 amide bonds. The number of amides is 1. The molecule has 1 aromatic heterocycles. The van der Waals surface area contributed by atoms with Crippen molar-refractivity contribution in [2.75, 3.05) is 5.32 Å². The summed E-state index contributed by atoms with van der Waals surface area (Å²) in [5, 5.41) is 3.20. The van der Waals surface area contributed by atoms with Crippen LogP contribution in [0.3, 0.4) is 0 Å². The molecule has 0 saturated carbocycles. The third-order valence-electron chi connectivity index (χ3n) is 2.06. The van der Waals surface area contributed by atoms with Gasteiger partial charge in [-0.05, 0) is 24.3 Å². The monoisotopic (exact) mass is 230 g/mol. The van der Waals surface area contributed by atoms with Crippen molar-refractivity contribution in [1.82, 2.24) is 4.98 Å². The number of aromatic nitrogens is 1. The normalized spacial score (nSPS) is 9.81. The van der Waals surface area contributed by atoms with Crippen LogP contribution in [0.5, 0.6) is 0 Å². The molecule has 0 aliphatic rings. The minimum absolute atomic E-state index is 0.204. The maximum absolute atomic E-state index is 11.8. The number of nitrogens with one attached hydrogen (secondary N) is 1. The Morgan fingerprint density at radius 2 is 1.88 bits per heavy atom. The number of carbonyl (C=O) groups is 1. The first kappa shape index (κ1) is 10.7. The van der Waals surface area contributed by atoms with Crippen molar-refractivity contribution in [1.29, 1.82) is 0 Å². The third-order valence-corrected chi connectivity index (χ3v) is 2.42. The number of pyridine rings is 1. The minimum Gasteiger partial charge on any atom is -0.322 e. The van der Waals surface area contributed by atoms with Crippen LogP contribution in [0.25, 0.3) is 0 Å². The van der Waals surface area contributed by atoms with Crippen molar-refractivity contribution in [3.63, 3.8) is 0 Å². The fourth-order valence-electron chi connectivity index (χ4n) is 1.29. The molecule has 0 saturated heterocycles. The van der Waals surface area contributed by atoms with Gasteiger partial charge >= 0.3 is 0 Å². The van der Waals surface area contributed by atoms with E-state index in [1.807, 2.05) is 30.3 Å². The molecular weight excluding hydrogens is 220 g/mol. The predicted molar refractivity (Wildman–Crippen MR) is 65.9 cm³/mol. The van der Waals surface area contributed by atoms with Crippen LogP contribution in [0, 0.1) is 0 Å². The fraction of sp³-hybridized carbons (Fsp3) is 0. The maximum Gasteiger partial charge on any atom is 0.258 e. The van der Waals surface area contributed by atoms with E-state index in [-0.39, 0.29) is 5.91 Å². The van der Waals surface area contributed by atoms with Crippen LogP contribution < -0.4 is 5.32 Å². The van der Waals surface area contributed by atoms with E-state index in [9.17, 15) is 4.79 Å². The number of rotatable bonds is 2. The summed E-state index contributed by atoms with van der Waals surface area (Å²) in [5.41, 5.74) is 1.22. The van der Waals surface area contributed by atoms with Crippen molar-refractivity contribution in [2.24, 2.45) is 0 Å². The third kappa shape index (κ3) is 2.41. The number of hydrogen-bond acceptors (Lipinski definition) is 3. The number of hydrogen-bond donors (Lipinski definition) is 2. The van der Waals surface area contributed by atoms with Gasteiger partial charge in [-0.15, -0.1) is 12.6 Å². The molecule has 16 heavy (non-hydrogen) atoms. The second kappa shape index (κ2) is 4.81. The summed E-state index contributed by atoms with van der Waals surface area (Å²) in [4.78, 5) is 15.8. The van der Waals surface area contributed by atoms with Crippen molar-refractivity contribution >= 4 is 24.2 Å². The van der Waals surface area contributed by atoms with E-state index >= 15 is 0 Å². The highest BCUT2D eigenvalue weighted by Gasteiger charge is 2.09. The van der Waals surface area contributed by atoms with Crippen LogP contribution >= 0.6 is 12.6 Å². The highest BCUT2D eigenvalue weighted by molar-refractivity contribution is 7.80. The zero-order valence-corrected chi connectivity index (χ0v) is 9.32. The quantitative estimate of drug-likeness (QED) is 0.779. The molecule has 1 heterocycles. The minimum atomic E-state index is -0.204. The van der Waals surface area contributed by atoms with Crippen molar-refractivity contribution in [3.8, 4) is 0 Å². The summed E-state index contributed by atoms with van der Waals surface area (Å²) in [5.74, 6) is -0.204. The summed E-state index contributed by atoms with van der Waals surface area (Å²) in [7, 11) is 0. The number of para-hydroxylation sites is 1. The highest BCUT2D eigenvalue weighted by Crippen LogP contribution is 2.13. The molecule has 2 aromatic rings. The average Bonchev–Trinajstić information content (AvgIpc) is 2.31. The van der Waals surface area contributed by atoms with Gasteiger partial charge in [0.05, 0.1) is 5.56 Å². The standard InChI is InChI=1S/C12H10N2OS/c15-11(10-7-4-8-13-12(10)16)14-9-5-2-1-3-6-9/h1-8H,(H,13,16)(H,14,15). The number of carbonyl (C=O) groups excluding carboxylic acids is 1. The van der Waals surface area contributed by atoms with Crippen LogP contribution in [0.2, 0.25) is 0 Å². The largest absolute Gasteiger partial charge is 0.322 e. The number of thiol groups is 1. The summed E-state index contributed by atoms with van der Waals surface area (Å²) in [6.45, 7) is 0. The van der Waals surface area contributed by atoms with Gasteiger partial charge in [-0.2, -0.15) is 0 Å². The summed E-state index contributed by atoms with van der Waals surface area (Å²) in [6.07, 6.45) is 1.60. The molecule has 0 aliphatic carbocycles. The SMILES string of the molecule is O=C(Nc1ccccc1)c1cccnc1S. The first-order valence-corrected chi connectivity index (χ1v) is 5.22. The van der Waals surface area contributed by atoms with E-state index in [1.165, 1.54) is 0 Å². The van der Waals surface area contributed by atoms with E-state index in [0.717, 1.165) is 5.69 Å². The van der Waals surface area contributed by atoms with Gasteiger partial charge in [0, 0.05) is 11.9 Å². The van der Waals surface area contributed by atoms with Gasteiger partial charge in [0.2, 0.25) is 0 Å². The Hall–Kier alpha value is -1.81. The van der Waals surface area contributed by atoms with Crippen molar-refractivity contribution < 1.29 is 4.79 Å². The van der Waals surface area contributed by atoms with E-state index in [4.69, 9.17) is 0 Å². The predicted octanol–water partition coefficient (Wildman–Crippen LogP) is 2.62. The summed E-state index contributed by atoms with van der Waals surface area (Å²) < 4.78 is 0. The van der Waals surface area contributed by atoms with Gasteiger partial charge in [-0.3, -0.25) is 4.79 Å². The first-order valence-electron chi connectivity index (χ1n) is 4.78. The number of benzene rings is 1. The molecule has 0 fully saturated rings. The average molecular weight is 230 g/mol. The van der Waals surface area contributed by atoms with Gasteiger partial charge in [0.15, 0.2) is 0 Å². The molecular formula is C12H10N2OS. The van der Waals surface area contributed by atoms with Crippen LogP contribution in [-0.4, -0.2) is 10.9 Å². The molecule has 0 unspecified atom stereocenters. The van der Waals surface area contributed by atoms with E-state index in [2.05, 4.69) is 22.9 Å². The Balaban J connectivity index is 2.19. The number of anilines is 1. The van der Waals surface area contributed by atoms with Gasteiger partial charge in [-0.1, -0.05) is 18.2 Å². The Labute approximate surface area is 98.9 Å². The van der Waals surface area contributed by atoms with Gasteiger partial charge in [0.1, 0.15) is 5.03 Å². The number of nitrogens with zero attached hydrogens (tertiary/aromatic N) is 1. The molecule has 0 bridgehead atoms. The zero-order chi connectivity index (χ0) is 11.4. The maximum atomic E-state index is 11.8. The molecule has 0 radical (unpaired) electrons. The van der Waals surface area contributed by atoms with Crippen LogP contribution in [0.15, 0.2) is 53.7 Å². The topological polar surface area (TPSA) is 42.0 Å². The smallest absolute Gasteiger partial charge is 0.258 e. The lowest BCUT2D eigenvalue weighted by molar-refractivity contribution is 0.102. The molecule has 1 N–H and O–H groups in total. The van der Waals surface area contributed by atoms with E-state index in [1.54, 1.807) is 18.3 Å². The lowest BCUT2D eigenvalue weighted by Crippen LogP contribution is -2.12. The lowest BCUT2D eigenvalue weighted by atomic mass is 10.2. The molecule has 2 rings (SSSR count). The van der Waals surface area contributed by atoms with Crippen molar-refractivity contribution in [2.45, 2.75) is 5.03 Å². The molecule has 1 aromatic carbocycles. The van der Waals surface area contributed by atoms with Crippen LogP contribution in [0.1, 0.15) is 10.4 Å². The molecule has 0 spiro atoms. The Morgan fingerprint density at radius 1 is 1.12 bits per heavy atom. The molecule has 80 valence electrons. The van der Waals surface area contributed by atoms with Gasteiger partial charge < -0.3 is 5.32 Å². The van der Waals surface area contributed by atoms with Gasteiger partial charge in [-0.25, -0.2) is 4.98 Å². The van der Waals surface area contributed by atoms with Crippen LogP contribution in [0.4, 0.5) is 5.69 Å². The fourth-order valence-corrected chi connectivity index (χ4v) is 1.54. The molecule has 0 atom stereocenters.